The summed E-state index contributed by atoms with van der Waals surface area (Å²) < 4.78 is 24.8. The molecule has 24 heavy (non-hydrogen) atoms. The first kappa shape index (κ1) is 16.9. The second-order valence-electron chi connectivity index (χ2n) is 6.22. The maximum absolute atomic E-state index is 12.5. The molecule has 2 saturated heterocycles. The Balaban J connectivity index is 1.74. The molecule has 1 atom stereocenters. The summed E-state index contributed by atoms with van der Waals surface area (Å²) in [7, 11) is -3.40. The number of rotatable bonds is 4. The minimum atomic E-state index is -3.40. The molecular formula is C16H21N3O4S. The second kappa shape index (κ2) is 6.52. The number of anilines is 2. The number of nitrogens with one attached hydrogen (secondary N) is 1. The lowest BCUT2D eigenvalue weighted by molar-refractivity contribution is -0.119. The number of nitrogens with zero attached hydrogens (tertiary/aromatic N) is 2. The van der Waals surface area contributed by atoms with Crippen LogP contribution >= 0.6 is 0 Å². The third-order valence-corrected chi connectivity index (χ3v) is 5.72. The van der Waals surface area contributed by atoms with Crippen molar-refractivity contribution in [3.8, 4) is 0 Å². The van der Waals surface area contributed by atoms with Crippen molar-refractivity contribution >= 4 is 33.2 Å². The topological polar surface area (TPSA) is 86.8 Å². The van der Waals surface area contributed by atoms with Crippen LogP contribution in [0, 0.1) is 0 Å². The number of sulfonamides is 1. The van der Waals surface area contributed by atoms with E-state index in [-0.39, 0.29) is 11.8 Å². The highest BCUT2D eigenvalue weighted by atomic mass is 32.2. The van der Waals surface area contributed by atoms with Crippen molar-refractivity contribution < 1.29 is 18.0 Å². The SMILES string of the molecule is CS(=O)(=O)N1CCCC1C(=O)Nc1cccc(N2CCCC2=O)c1. The van der Waals surface area contributed by atoms with Crippen molar-refractivity contribution in [3.05, 3.63) is 24.3 Å². The van der Waals surface area contributed by atoms with Gasteiger partial charge in [0.2, 0.25) is 21.8 Å². The van der Waals surface area contributed by atoms with Gasteiger partial charge in [0.25, 0.3) is 0 Å². The van der Waals surface area contributed by atoms with Crippen molar-refractivity contribution in [2.24, 2.45) is 0 Å². The quantitative estimate of drug-likeness (QED) is 0.882. The molecule has 7 nitrogen and oxygen atoms in total. The van der Waals surface area contributed by atoms with Crippen molar-refractivity contribution in [1.29, 1.82) is 0 Å². The van der Waals surface area contributed by atoms with E-state index in [1.54, 1.807) is 23.1 Å². The molecular weight excluding hydrogens is 330 g/mol. The van der Waals surface area contributed by atoms with Crippen LogP contribution in [-0.4, -0.2) is 49.9 Å². The van der Waals surface area contributed by atoms with Gasteiger partial charge in [-0.05, 0) is 37.5 Å². The number of carbonyl (C=O) groups excluding carboxylic acids is 2. The molecule has 0 bridgehead atoms. The molecule has 0 aliphatic carbocycles. The third kappa shape index (κ3) is 3.44. The Morgan fingerprint density at radius 2 is 2.04 bits per heavy atom. The molecule has 0 radical (unpaired) electrons. The summed E-state index contributed by atoms with van der Waals surface area (Å²) in [6, 6.07) is 6.43. The monoisotopic (exact) mass is 351 g/mol. The van der Waals surface area contributed by atoms with Gasteiger partial charge in [-0.2, -0.15) is 4.31 Å². The summed E-state index contributed by atoms with van der Waals surface area (Å²) >= 11 is 0. The van der Waals surface area contributed by atoms with Crippen LogP contribution in [0.4, 0.5) is 11.4 Å². The molecule has 2 aliphatic heterocycles. The van der Waals surface area contributed by atoms with Crippen LogP contribution in [-0.2, 0) is 19.6 Å². The van der Waals surface area contributed by atoms with E-state index in [9.17, 15) is 18.0 Å². The van der Waals surface area contributed by atoms with E-state index < -0.39 is 16.1 Å². The third-order valence-electron chi connectivity index (χ3n) is 4.43. The first-order chi connectivity index (χ1) is 11.4. The minimum Gasteiger partial charge on any atom is -0.325 e. The summed E-state index contributed by atoms with van der Waals surface area (Å²) in [5.41, 5.74) is 1.32. The predicted molar refractivity (Wildman–Crippen MR) is 91.2 cm³/mol. The fraction of sp³-hybridized carbons (Fsp3) is 0.500. The predicted octanol–water partition coefficient (Wildman–Crippen LogP) is 1.18. The highest BCUT2D eigenvalue weighted by Gasteiger charge is 2.36. The minimum absolute atomic E-state index is 0.0810. The lowest BCUT2D eigenvalue weighted by Gasteiger charge is -2.22. The Hall–Kier alpha value is -1.93. The normalized spacial score (nSPS) is 22.1. The molecule has 0 aromatic heterocycles. The zero-order valence-corrected chi connectivity index (χ0v) is 14.4. The molecule has 130 valence electrons. The molecule has 1 N–H and O–H groups in total. The average molecular weight is 351 g/mol. The summed E-state index contributed by atoms with van der Waals surface area (Å²) in [4.78, 5) is 26.0. The summed E-state index contributed by atoms with van der Waals surface area (Å²) in [6.07, 6.45) is 3.69. The first-order valence-corrected chi connectivity index (χ1v) is 9.89. The molecule has 0 spiro atoms. The average Bonchev–Trinajstić information content (AvgIpc) is 3.15. The fourth-order valence-corrected chi connectivity index (χ4v) is 4.42. The van der Waals surface area contributed by atoms with Crippen LogP contribution in [0.3, 0.4) is 0 Å². The molecule has 2 amide bonds. The fourth-order valence-electron chi connectivity index (χ4n) is 3.30. The van der Waals surface area contributed by atoms with Gasteiger partial charge < -0.3 is 10.2 Å². The molecule has 1 unspecified atom stereocenters. The highest BCUT2D eigenvalue weighted by molar-refractivity contribution is 7.88. The van der Waals surface area contributed by atoms with Gasteiger partial charge in [0.1, 0.15) is 6.04 Å². The highest BCUT2D eigenvalue weighted by Crippen LogP contribution is 2.26. The van der Waals surface area contributed by atoms with Crippen LogP contribution in [0.5, 0.6) is 0 Å². The Labute approximate surface area is 141 Å². The van der Waals surface area contributed by atoms with Gasteiger partial charge in [-0.1, -0.05) is 6.07 Å². The van der Waals surface area contributed by atoms with E-state index in [0.29, 0.717) is 38.0 Å². The number of carbonyl (C=O) groups is 2. The summed E-state index contributed by atoms with van der Waals surface area (Å²) in [5.74, 6) is -0.250. The van der Waals surface area contributed by atoms with Crippen molar-refractivity contribution in [3.63, 3.8) is 0 Å². The van der Waals surface area contributed by atoms with Crippen LogP contribution < -0.4 is 10.2 Å². The van der Waals surface area contributed by atoms with Gasteiger partial charge in [-0.3, -0.25) is 9.59 Å². The van der Waals surface area contributed by atoms with Crippen molar-refractivity contribution in [2.75, 3.05) is 29.6 Å². The van der Waals surface area contributed by atoms with Crippen molar-refractivity contribution in [2.45, 2.75) is 31.7 Å². The summed E-state index contributed by atoms with van der Waals surface area (Å²) in [6.45, 7) is 1.06. The first-order valence-electron chi connectivity index (χ1n) is 8.04. The van der Waals surface area contributed by atoms with E-state index in [4.69, 9.17) is 0 Å². The summed E-state index contributed by atoms with van der Waals surface area (Å²) in [5, 5.41) is 2.78. The van der Waals surface area contributed by atoms with E-state index in [0.717, 1.165) is 18.4 Å². The van der Waals surface area contributed by atoms with Gasteiger partial charge >= 0.3 is 0 Å². The zero-order chi connectivity index (χ0) is 17.3. The maximum Gasteiger partial charge on any atom is 0.242 e. The molecule has 0 saturated carbocycles. The molecule has 2 heterocycles. The maximum atomic E-state index is 12.5. The lowest BCUT2D eigenvalue weighted by atomic mass is 10.2. The molecule has 8 heteroatoms. The Morgan fingerprint density at radius 3 is 2.71 bits per heavy atom. The number of benzene rings is 1. The van der Waals surface area contributed by atoms with Gasteiger partial charge in [0.15, 0.2) is 0 Å². The Bertz CT molecular complexity index is 762. The second-order valence-corrected chi connectivity index (χ2v) is 8.16. The smallest absolute Gasteiger partial charge is 0.242 e. The van der Waals surface area contributed by atoms with Crippen LogP contribution in [0.2, 0.25) is 0 Å². The molecule has 3 rings (SSSR count). The zero-order valence-electron chi connectivity index (χ0n) is 13.6. The number of amides is 2. The van der Waals surface area contributed by atoms with E-state index in [2.05, 4.69) is 5.32 Å². The molecule has 2 fully saturated rings. The standard InChI is InChI=1S/C16H21N3O4S/c1-24(22,23)19-10-3-7-14(19)16(21)17-12-5-2-6-13(11-12)18-9-4-8-15(18)20/h2,5-6,11,14H,3-4,7-10H2,1H3,(H,17,21). The number of hydrogen-bond acceptors (Lipinski definition) is 4. The molecule has 2 aliphatic rings. The van der Waals surface area contributed by atoms with Crippen LogP contribution in [0.15, 0.2) is 24.3 Å². The largest absolute Gasteiger partial charge is 0.325 e. The van der Waals surface area contributed by atoms with Gasteiger partial charge in [-0.25, -0.2) is 8.42 Å². The van der Waals surface area contributed by atoms with Crippen LogP contribution in [0.1, 0.15) is 25.7 Å². The van der Waals surface area contributed by atoms with Crippen molar-refractivity contribution in [1.82, 2.24) is 4.31 Å². The van der Waals surface area contributed by atoms with E-state index in [1.807, 2.05) is 6.07 Å². The van der Waals surface area contributed by atoms with Crippen LogP contribution in [0.25, 0.3) is 0 Å². The van der Waals surface area contributed by atoms with Gasteiger partial charge in [0, 0.05) is 30.9 Å². The van der Waals surface area contributed by atoms with Gasteiger partial charge in [0.05, 0.1) is 6.26 Å². The molecule has 1 aromatic rings. The Morgan fingerprint density at radius 1 is 1.25 bits per heavy atom. The molecule has 1 aromatic carbocycles. The lowest BCUT2D eigenvalue weighted by Crippen LogP contribution is -2.42. The van der Waals surface area contributed by atoms with E-state index >= 15 is 0 Å². The Kier molecular flexibility index (Phi) is 4.60. The van der Waals surface area contributed by atoms with Gasteiger partial charge in [-0.15, -0.1) is 0 Å². The number of hydrogen-bond donors (Lipinski definition) is 1. The van der Waals surface area contributed by atoms with E-state index in [1.165, 1.54) is 4.31 Å².